The lowest BCUT2D eigenvalue weighted by Crippen LogP contribution is -2.23. The van der Waals surface area contributed by atoms with Crippen molar-refractivity contribution in [3.63, 3.8) is 0 Å². The first-order chi connectivity index (χ1) is 11.8. The first kappa shape index (κ1) is 14.8. The van der Waals surface area contributed by atoms with Crippen LogP contribution in [0.5, 0.6) is 0 Å². The first-order valence-electron chi connectivity index (χ1n) is 8.31. The second-order valence-corrected chi connectivity index (χ2v) is 6.05. The number of fused-ring (bicyclic) bond motifs is 4. The van der Waals surface area contributed by atoms with Gasteiger partial charge in [-0.25, -0.2) is 4.79 Å². The van der Waals surface area contributed by atoms with Gasteiger partial charge in [0.2, 0.25) is 0 Å². The summed E-state index contributed by atoms with van der Waals surface area (Å²) >= 11 is 0. The minimum atomic E-state index is -0.305. The highest BCUT2D eigenvalue weighted by atomic mass is 16.4. The molecular weight excluding hydrogens is 298 g/mol. The fourth-order valence-electron chi connectivity index (χ4n) is 3.43. The van der Waals surface area contributed by atoms with Crippen molar-refractivity contribution >= 4 is 22.7 Å². The van der Waals surface area contributed by atoms with Gasteiger partial charge in [0.15, 0.2) is 0 Å². The molecule has 2 aromatic carbocycles. The van der Waals surface area contributed by atoms with E-state index in [1.165, 1.54) is 28.4 Å². The molecule has 3 heteroatoms. The van der Waals surface area contributed by atoms with Crippen molar-refractivity contribution in [1.29, 1.82) is 0 Å². The Kier molecular flexibility index (Phi) is 3.69. The molecule has 3 nitrogen and oxygen atoms in total. The Hall–Kier alpha value is -2.81. The zero-order valence-electron chi connectivity index (χ0n) is 13.7. The Morgan fingerprint density at radius 3 is 2.83 bits per heavy atom. The zero-order valence-corrected chi connectivity index (χ0v) is 13.7. The number of allylic oxidation sites excluding steroid dienone is 1. The van der Waals surface area contributed by atoms with Crippen LogP contribution in [0.2, 0.25) is 0 Å². The van der Waals surface area contributed by atoms with Crippen LogP contribution < -0.4 is 10.5 Å². The fraction of sp³-hybridized carbons (Fsp3) is 0.190. The van der Waals surface area contributed by atoms with Crippen LogP contribution in [0.4, 0.5) is 5.69 Å². The number of anilines is 1. The van der Waals surface area contributed by atoms with Crippen molar-refractivity contribution in [2.75, 3.05) is 11.4 Å². The number of rotatable bonds is 1. The molecule has 4 rings (SSSR count). The molecule has 3 aromatic rings. The summed E-state index contributed by atoms with van der Waals surface area (Å²) in [5.74, 6) is 0. The van der Waals surface area contributed by atoms with Crippen LogP contribution in [0.1, 0.15) is 23.6 Å². The van der Waals surface area contributed by atoms with E-state index in [2.05, 4.69) is 54.3 Å². The van der Waals surface area contributed by atoms with Gasteiger partial charge in [0, 0.05) is 30.2 Å². The summed E-state index contributed by atoms with van der Waals surface area (Å²) in [5, 5.41) is 1.01. The average molecular weight is 317 g/mol. The second kappa shape index (κ2) is 6.00. The molecule has 24 heavy (non-hydrogen) atoms. The Labute approximate surface area is 140 Å². The highest BCUT2D eigenvalue weighted by molar-refractivity contribution is 5.86. The van der Waals surface area contributed by atoms with E-state index >= 15 is 0 Å². The van der Waals surface area contributed by atoms with E-state index in [1.54, 1.807) is 0 Å². The summed E-state index contributed by atoms with van der Waals surface area (Å²) < 4.78 is 5.36. The molecular formula is C21H19NO2. The standard InChI is InChI=1S/C21H19NO2/c1-2-22-14-16-7-4-3-6-15(16)8-5-9-17-18-10-13-21(23)24-20(18)12-11-19(17)22/h3-8,10-13H,2,9,14H2,1H3/b8-5-. The van der Waals surface area contributed by atoms with E-state index in [0.717, 1.165) is 24.9 Å². The molecule has 0 fully saturated rings. The molecule has 0 spiro atoms. The molecule has 0 amide bonds. The molecule has 0 aliphatic carbocycles. The fourth-order valence-corrected chi connectivity index (χ4v) is 3.43. The third kappa shape index (κ3) is 2.52. The van der Waals surface area contributed by atoms with Gasteiger partial charge in [-0.2, -0.15) is 0 Å². The van der Waals surface area contributed by atoms with E-state index in [0.29, 0.717) is 5.58 Å². The largest absolute Gasteiger partial charge is 0.423 e. The summed E-state index contributed by atoms with van der Waals surface area (Å²) in [5.41, 5.74) is 5.35. The molecule has 0 bridgehead atoms. The van der Waals surface area contributed by atoms with Gasteiger partial charge in [0.1, 0.15) is 5.58 Å². The van der Waals surface area contributed by atoms with Crippen molar-refractivity contribution in [1.82, 2.24) is 0 Å². The molecule has 0 saturated heterocycles. The van der Waals surface area contributed by atoms with E-state index in [9.17, 15) is 4.79 Å². The molecule has 2 heterocycles. The maximum Gasteiger partial charge on any atom is 0.336 e. The molecule has 1 aromatic heterocycles. The molecule has 1 aliphatic heterocycles. The van der Waals surface area contributed by atoms with Gasteiger partial charge in [-0.3, -0.25) is 0 Å². The van der Waals surface area contributed by atoms with Crippen molar-refractivity contribution in [2.24, 2.45) is 0 Å². The minimum absolute atomic E-state index is 0.305. The van der Waals surface area contributed by atoms with Crippen molar-refractivity contribution in [2.45, 2.75) is 19.9 Å². The minimum Gasteiger partial charge on any atom is -0.423 e. The zero-order chi connectivity index (χ0) is 16.5. The summed E-state index contributed by atoms with van der Waals surface area (Å²) in [4.78, 5) is 13.9. The Morgan fingerprint density at radius 2 is 1.96 bits per heavy atom. The van der Waals surface area contributed by atoms with E-state index < -0.39 is 0 Å². The molecule has 0 radical (unpaired) electrons. The summed E-state index contributed by atoms with van der Waals surface area (Å²) in [6.45, 7) is 3.96. The van der Waals surface area contributed by atoms with Gasteiger partial charge >= 0.3 is 5.63 Å². The highest BCUT2D eigenvalue weighted by Gasteiger charge is 2.16. The van der Waals surface area contributed by atoms with E-state index in [-0.39, 0.29) is 5.63 Å². The predicted molar refractivity (Wildman–Crippen MR) is 98.4 cm³/mol. The molecule has 120 valence electrons. The molecule has 0 atom stereocenters. The van der Waals surface area contributed by atoms with Crippen molar-refractivity contribution in [3.8, 4) is 0 Å². The monoisotopic (exact) mass is 317 g/mol. The first-order valence-corrected chi connectivity index (χ1v) is 8.31. The van der Waals surface area contributed by atoms with Crippen LogP contribution in [-0.4, -0.2) is 6.54 Å². The van der Waals surface area contributed by atoms with Gasteiger partial charge in [-0.1, -0.05) is 36.4 Å². The smallest absolute Gasteiger partial charge is 0.336 e. The van der Waals surface area contributed by atoms with Crippen LogP contribution in [0.3, 0.4) is 0 Å². The Morgan fingerprint density at radius 1 is 1.08 bits per heavy atom. The lowest BCUT2D eigenvalue weighted by Gasteiger charge is -2.26. The lowest BCUT2D eigenvalue weighted by atomic mass is 10.0. The second-order valence-electron chi connectivity index (χ2n) is 6.05. The lowest BCUT2D eigenvalue weighted by molar-refractivity contribution is 0.560. The van der Waals surface area contributed by atoms with Crippen molar-refractivity contribution in [3.05, 3.63) is 81.7 Å². The quantitative estimate of drug-likeness (QED) is 0.624. The maximum absolute atomic E-state index is 11.5. The van der Waals surface area contributed by atoms with Gasteiger partial charge < -0.3 is 9.32 Å². The van der Waals surface area contributed by atoms with Gasteiger partial charge in [-0.15, -0.1) is 0 Å². The van der Waals surface area contributed by atoms with Gasteiger partial charge in [-0.05, 0) is 48.2 Å². The molecule has 0 unspecified atom stereocenters. The van der Waals surface area contributed by atoms with Gasteiger partial charge in [0.25, 0.3) is 0 Å². The van der Waals surface area contributed by atoms with Gasteiger partial charge in [0.05, 0.1) is 0 Å². The topological polar surface area (TPSA) is 33.5 Å². The number of hydrogen-bond donors (Lipinski definition) is 0. The molecule has 0 N–H and O–H groups in total. The Bertz CT molecular complexity index is 985. The summed E-state index contributed by atoms with van der Waals surface area (Å²) in [7, 11) is 0. The number of hydrogen-bond acceptors (Lipinski definition) is 3. The van der Waals surface area contributed by atoms with Crippen LogP contribution in [0.15, 0.2) is 63.8 Å². The number of nitrogens with zero attached hydrogens (tertiary/aromatic N) is 1. The number of benzene rings is 2. The van der Waals surface area contributed by atoms with Crippen LogP contribution in [0, 0.1) is 0 Å². The molecule has 0 saturated carbocycles. The third-order valence-electron chi connectivity index (χ3n) is 4.65. The summed E-state index contributed by atoms with van der Waals surface area (Å²) in [6, 6.07) is 15.9. The summed E-state index contributed by atoms with van der Waals surface area (Å²) in [6.07, 6.45) is 5.20. The van der Waals surface area contributed by atoms with E-state index in [4.69, 9.17) is 4.42 Å². The van der Waals surface area contributed by atoms with Crippen LogP contribution >= 0.6 is 0 Å². The Balaban J connectivity index is 1.93. The van der Waals surface area contributed by atoms with E-state index in [1.807, 2.05) is 12.1 Å². The van der Waals surface area contributed by atoms with Crippen molar-refractivity contribution < 1.29 is 4.42 Å². The average Bonchev–Trinajstić information content (AvgIpc) is 2.68. The third-order valence-corrected chi connectivity index (χ3v) is 4.65. The van der Waals surface area contributed by atoms with Crippen LogP contribution in [-0.2, 0) is 13.0 Å². The highest BCUT2D eigenvalue weighted by Crippen LogP contribution is 2.32. The normalized spacial score (nSPS) is 15.1. The predicted octanol–water partition coefficient (Wildman–Crippen LogP) is 4.39. The maximum atomic E-state index is 11.5. The van der Waals surface area contributed by atoms with Crippen LogP contribution in [0.25, 0.3) is 17.0 Å². The SMILES string of the molecule is CCN1Cc2ccccc2/C=C\Cc2c1ccc1oc(=O)ccc21. The molecule has 1 aliphatic rings.